The molecule has 19 heavy (non-hydrogen) atoms. The zero-order chi connectivity index (χ0) is 14.6. The number of hydrogen-bond acceptors (Lipinski definition) is 5. The van der Waals surface area contributed by atoms with Crippen molar-refractivity contribution in [2.45, 2.75) is 26.4 Å². The predicted molar refractivity (Wildman–Crippen MR) is 72.0 cm³/mol. The largest absolute Gasteiger partial charge is 0.389 e. The van der Waals surface area contributed by atoms with Crippen molar-refractivity contribution in [3.63, 3.8) is 0 Å². The molecule has 0 aromatic heterocycles. The maximum atomic E-state index is 10.8. The highest BCUT2D eigenvalue weighted by molar-refractivity contribution is 5.60. The van der Waals surface area contributed by atoms with Crippen molar-refractivity contribution in [3.05, 3.63) is 33.9 Å². The second kappa shape index (κ2) is 5.67. The molecular weight excluding hydrogens is 246 g/mol. The van der Waals surface area contributed by atoms with Crippen LogP contribution in [0.1, 0.15) is 26.3 Å². The second-order valence-electron chi connectivity index (χ2n) is 4.90. The van der Waals surface area contributed by atoms with Gasteiger partial charge >= 0.3 is 0 Å². The lowest BCUT2D eigenvalue weighted by Crippen LogP contribution is -2.38. The highest BCUT2D eigenvalue weighted by Crippen LogP contribution is 2.25. The van der Waals surface area contributed by atoms with Crippen LogP contribution in [0, 0.1) is 21.4 Å². The van der Waals surface area contributed by atoms with E-state index in [2.05, 4.69) is 0 Å². The summed E-state index contributed by atoms with van der Waals surface area (Å²) in [4.78, 5) is 12.1. The van der Waals surface area contributed by atoms with Crippen LogP contribution in [0.25, 0.3) is 0 Å². The number of likely N-dealkylation sites (N-methyl/N-ethyl adjacent to an activating group) is 1. The predicted octanol–water partition coefficient (Wildman–Crippen LogP) is 2.06. The van der Waals surface area contributed by atoms with E-state index in [9.17, 15) is 15.2 Å². The Morgan fingerprint density at radius 3 is 2.58 bits per heavy atom. The molecular formula is C13H17N3O3. The van der Waals surface area contributed by atoms with Gasteiger partial charge in [-0.15, -0.1) is 0 Å². The van der Waals surface area contributed by atoms with Crippen molar-refractivity contribution < 1.29 is 10.0 Å². The van der Waals surface area contributed by atoms with Crippen LogP contribution in [-0.4, -0.2) is 28.7 Å². The summed E-state index contributed by atoms with van der Waals surface area (Å²) < 4.78 is 0. The Morgan fingerprint density at radius 1 is 1.53 bits per heavy atom. The van der Waals surface area contributed by atoms with E-state index in [0.29, 0.717) is 18.8 Å². The molecule has 0 atom stereocenters. The fraction of sp³-hybridized carbons (Fsp3) is 0.462. The number of nitro groups is 1. The average molecular weight is 263 g/mol. The fourth-order valence-corrected chi connectivity index (χ4v) is 1.82. The first-order valence-electron chi connectivity index (χ1n) is 5.94. The van der Waals surface area contributed by atoms with Gasteiger partial charge in [0.15, 0.2) is 0 Å². The minimum atomic E-state index is -0.884. The van der Waals surface area contributed by atoms with Crippen LogP contribution in [0.5, 0.6) is 0 Å². The number of benzene rings is 1. The van der Waals surface area contributed by atoms with Crippen LogP contribution in [0.2, 0.25) is 0 Å². The highest BCUT2D eigenvalue weighted by Gasteiger charge is 2.20. The van der Waals surface area contributed by atoms with Crippen molar-refractivity contribution in [2.24, 2.45) is 0 Å². The molecule has 0 aliphatic carbocycles. The minimum absolute atomic E-state index is 0.0247. The summed E-state index contributed by atoms with van der Waals surface area (Å²) in [6.45, 7) is 6.30. The summed E-state index contributed by atoms with van der Waals surface area (Å²) in [7, 11) is 0. The maximum absolute atomic E-state index is 10.8. The van der Waals surface area contributed by atoms with Crippen molar-refractivity contribution in [3.8, 4) is 6.07 Å². The SMILES string of the molecule is CCN(CC(C)(C)O)c1ccc([N+](=O)[O-])c(C#N)c1. The summed E-state index contributed by atoms with van der Waals surface area (Å²) in [5.41, 5.74) is -0.376. The summed E-state index contributed by atoms with van der Waals surface area (Å²) in [5, 5.41) is 29.6. The molecule has 0 amide bonds. The van der Waals surface area contributed by atoms with Crippen molar-refractivity contribution >= 4 is 11.4 Å². The highest BCUT2D eigenvalue weighted by atomic mass is 16.6. The molecule has 0 saturated carbocycles. The van der Waals surface area contributed by atoms with Gasteiger partial charge in [-0.05, 0) is 32.9 Å². The van der Waals surface area contributed by atoms with Gasteiger partial charge in [-0.3, -0.25) is 10.1 Å². The van der Waals surface area contributed by atoms with Crippen LogP contribution in [0.15, 0.2) is 18.2 Å². The lowest BCUT2D eigenvalue weighted by Gasteiger charge is -2.29. The Labute approximate surface area is 112 Å². The molecule has 0 saturated heterocycles. The fourth-order valence-electron chi connectivity index (χ4n) is 1.82. The third-order valence-corrected chi connectivity index (χ3v) is 2.62. The summed E-state index contributed by atoms with van der Waals surface area (Å²) in [6.07, 6.45) is 0. The zero-order valence-electron chi connectivity index (χ0n) is 11.3. The first kappa shape index (κ1) is 14.9. The van der Waals surface area contributed by atoms with Gasteiger partial charge in [0.1, 0.15) is 11.6 Å². The van der Waals surface area contributed by atoms with Crippen LogP contribution < -0.4 is 4.90 Å². The molecule has 1 N–H and O–H groups in total. The molecule has 0 bridgehead atoms. The Kier molecular flexibility index (Phi) is 4.46. The number of rotatable bonds is 5. The van der Waals surface area contributed by atoms with Gasteiger partial charge in [-0.2, -0.15) is 5.26 Å². The van der Waals surface area contributed by atoms with E-state index in [4.69, 9.17) is 5.26 Å². The molecule has 0 fully saturated rings. The number of nitriles is 1. The van der Waals surface area contributed by atoms with Gasteiger partial charge in [0, 0.05) is 24.8 Å². The van der Waals surface area contributed by atoms with Crippen LogP contribution >= 0.6 is 0 Å². The third-order valence-electron chi connectivity index (χ3n) is 2.62. The Morgan fingerprint density at radius 2 is 2.16 bits per heavy atom. The van der Waals surface area contributed by atoms with Gasteiger partial charge in [-0.25, -0.2) is 0 Å². The molecule has 0 radical (unpaired) electrons. The Balaban J connectivity index is 3.14. The van der Waals surface area contributed by atoms with E-state index in [1.54, 1.807) is 19.9 Å². The van der Waals surface area contributed by atoms with Crippen LogP contribution in [-0.2, 0) is 0 Å². The van der Waals surface area contributed by atoms with Gasteiger partial charge < -0.3 is 10.0 Å². The van der Waals surface area contributed by atoms with Crippen molar-refractivity contribution in [1.29, 1.82) is 5.26 Å². The van der Waals surface area contributed by atoms with E-state index in [1.165, 1.54) is 12.1 Å². The van der Waals surface area contributed by atoms with E-state index in [1.807, 2.05) is 17.9 Å². The second-order valence-corrected chi connectivity index (χ2v) is 4.90. The minimum Gasteiger partial charge on any atom is -0.389 e. The first-order chi connectivity index (χ1) is 8.78. The molecule has 0 aliphatic heterocycles. The van der Waals surface area contributed by atoms with Gasteiger partial charge in [-0.1, -0.05) is 0 Å². The third kappa shape index (κ3) is 3.93. The molecule has 0 aliphatic rings. The van der Waals surface area contributed by atoms with Crippen LogP contribution in [0.3, 0.4) is 0 Å². The number of nitro benzene ring substituents is 1. The smallest absolute Gasteiger partial charge is 0.287 e. The van der Waals surface area contributed by atoms with Crippen LogP contribution in [0.4, 0.5) is 11.4 Å². The molecule has 1 rings (SSSR count). The number of anilines is 1. The monoisotopic (exact) mass is 263 g/mol. The summed E-state index contributed by atoms with van der Waals surface area (Å²) in [6, 6.07) is 6.22. The molecule has 1 aromatic rings. The van der Waals surface area contributed by atoms with Crippen molar-refractivity contribution in [2.75, 3.05) is 18.0 Å². The molecule has 6 nitrogen and oxygen atoms in total. The molecule has 102 valence electrons. The standard InChI is InChI=1S/C13H17N3O3/c1-4-15(9-13(2,3)17)11-5-6-12(16(18)19)10(7-11)8-14/h5-7,17H,4,9H2,1-3H3. The number of nitrogens with zero attached hydrogens (tertiary/aromatic N) is 3. The summed E-state index contributed by atoms with van der Waals surface area (Å²) >= 11 is 0. The topological polar surface area (TPSA) is 90.4 Å². The molecule has 0 unspecified atom stereocenters. The lowest BCUT2D eigenvalue weighted by atomic mass is 10.1. The number of hydrogen-bond donors (Lipinski definition) is 1. The number of aliphatic hydroxyl groups is 1. The van der Waals surface area contributed by atoms with Gasteiger partial charge in [0.25, 0.3) is 5.69 Å². The van der Waals surface area contributed by atoms with E-state index in [-0.39, 0.29) is 11.3 Å². The van der Waals surface area contributed by atoms with Gasteiger partial charge in [0.2, 0.25) is 0 Å². The normalized spacial score (nSPS) is 10.9. The van der Waals surface area contributed by atoms with E-state index >= 15 is 0 Å². The molecule has 1 aromatic carbocycles. The van der Waals surface area contributed by atoms with Gasteiger partial charge in [0.05, 0.1) is 10.5 Å². The lowest BCUT2D eigenvalue weighted by molar-refractivity contribution is -0.385. The maximum Gasteiger partial charge on any atom is 0.287 e. The Bertz CT molecular complexity index is 515. The zero-order valence-corrected chi connectivity index (χ0v) is 11.3. The first-order valence-corrected chi connectivity index (χ1v) is 5.94. The molecule has 0 heterocycles. The van der Waals surface area contributed by atoms with Crippen molar-refractivity contribution in [1.82, 2.24) is 0 Å². The Hall–Kier alpha value is -2.13. The molecule has 6 heteroatoms. The van der Waals surface area contributed by atoms with E-state index < -0.39 is 10.5 Å². The quantitative estimate of drug-likeness (QED) is 0.648. The average Bonchev–Trinajstić information content (AvgIpc) is 2.33. The summed E-state index contributed by atoms with van der Waals surface area (Å²) in [5.74, 6) is 0. The van der Waals surface area contributed by atoms with E-state index in [0.717, 1.165) is 0 Å². The molecule has 0 spiro atoms.